The average Bonchev–Trinajstić information content (AvgIpc) is 2.89. The third-order valence-electron chi connectivity index (χ3n) is 4.56. The average molecular weight is 283 g/mol. The quantitative estimate of drug-likeness (QED) is 0.602. The van der Waals surface area contributed by atoms with E-state index in [1.54, 1.807) is 7.11 Å². The number of aliphatic imine (C=N–C) groups is 1. The maximum absolute atomic E-state index is 10.5. The molecule has 1 aliphatic heterocycles. The number of likely N-dealkylation sites (tertiary alicyclic amines) is 1. The normalized spacial score (nSPS) is 26.9. The van der Waals surface area contributed by atoms with E-state index in [9.17, 15) is 5.11 Å². The Hall–Kier alpha value is -0.810. The molecule has 0 amide bonds. The van der Waals surface area contributed by atoms with Gasteiger partial charge in [-0.15, -0.1) is 0 Å². The highest BCUT2D eigenvalue weighted by molar-refractivity contribution is 5.80. The molecular formula is C15H29N3O2. The highest BCUT2D eigenvalue weighted by Crippen LogP contribution is 2.27. The van der Waals surface area contributed by atoms with Crippen molar-refractivity contribution in [2.24, 2.45) is 10.9 Å². The Kier molecular flexibility index (Phi) is 5.66. The molecule has 0 spiro atoms. The van der Waals surface area contributed by atoms with E-state index in [0.717, 1.165) is 57.8 Å². The first kappa shape index (κ1) is 15.6. The van der Waals surface area contributed by atoms with Gasteiger partial charge in [-0.1, -0.05) is 19.3 Å². The van der Waals surface area contributed by atoms with Gasteiger partial charge in [0.15, 0.2) is 5.96 Å². The van der Waals surface area contributed by atoms with Crippen LogP contribution < -0.4 is 5.32 Å². The van der Waals surface area contributed by atoms with Gasteiger partial charge in [0.05, 0.1) is 12.2 Å². The summed E-state index contributed by atoms with van der Waals surface area (Å²) in [5, 5.41) is 13.9. The smallest absolute Gasteiger partial charge is 0.193 e. The fourth-order valence-corrected chi connectivity index (χ4v) is 3.36. The van der Waals surface area contributed by atoms with Gasteiger partial charge in [0.1, 0.15) is 0 Å². The van der Waals surface area contributed by atoms with Gasteiger partial charge in [0, 0.05) is 39.7 Å². The Morgan fingerprint density at radius 3 is 2.80 bits per heavy atom. The predicted octanol–water partition coefficient (Wildman–Crippen LogP) is 1.23. The number of rotatable bonds is 4. The van der Waals surface area contributed by atoms with E-state index in [1.807, 2.05) is 7.05 Å². The molecule has 20 heavy (non-hydrogen) atoms. The van der Waals surface area contributed by atoms with Crippen molar-refractivity contribution in [3.63, 3.8) is 0 Å². The Labute approximate surface area is 122 Å². The van der Waals surface area contributed by atoms with Gasteiger partial charge in [-0.3, -0.25) is 4.99 Å². The van der Waals surface area contributed by atoms with Crippen LogP contribution in [0, 0.1) is 5.92 Å². The van der Waals surface area contributed by atoms with Crippen LogP contribution >= 0.6 is 0 Å². The van der Waals surface area contributed by atoms with Gasteiger partial charge in [-0.05, 0) is 19.3 Å². The van der Waals surface area contributed by atoms with E-state index in [4.69, 9.17) is 4.74 Å². The molecule has 1 heterocycles. The lowest BCUT2D eigenvalue weighted by atomic mass is 9.85. The zero-order valence-corrected chi connectivity index (χ0v) is 12.9. The van der Waals surface area contributed by atoms with Gasteiger partial charge in [-0.25, -0.2) is 0 Å². The second kappa shape index (κ2) is 7.27. The van der Waals surface area contributed by atoms with Crippen molar-refractivity contribution in [3.05, 3.63) is 0 Å². The van der Waals surface area contributed by atoms with E-state index in [1.165, 1.54) is 6.42 Å². The van der Waals surface area contributed by atoms with E-state index < -0.39 is 5.60 Å². The van der Waals surface area contributed by atoms with E-state index in [0.29, 0.717) is 12.5 Å². The first-order chi connectivity index (χ1) is 9.67. The molecule has 2 N–H and O–H groups in total. The fourth-order valence-electron chi connectivity index (χ4n) is 3.36. The van der Waals surface area contributed by atoms with Crippen LogP contribution in [0.3, 0.4) is 0 Å². The second-order valence-electron chi connectivity index (χ2n) is 6.24. The lowest BCUT2D eigenvalue weighted by Gasteiger charge is -2.33. The fraction of sp³-hybridized carbons (Fsp3) is 0.933. The number of methoxy groups -OCH3 is 1. The Bertz CT molecular complexity index is 327. The molecule has 0 aromatic rings. The Morgan fingerprint density at radius 2 is 2.15 bits per heavy atom. The third kappa shape index (κ3) is 4.09. The molecule has 0 aromatic heterocycles. The van der Waals surface area contributed by atoms with Crippen LogP contribution in [0.5, 0.6) is 0 Å². The second-order valence-corrected chi connectivity index (χ2v) is 6.24. The first-order valence-electron chi connectivity index (χ1n) is 7.84. The molecule has 116 valence electrons. The number of hydrogen-bond donors (Lipinski definition) is 2. The zero-order chi connectivity index (χ0) is 14.4. The molecule has 1 atom stereocenters. The monoisotopic (exact) mass is 283 g/mol. The SMILES string of the molecule is CN=C(NCC1(O)CCCCC1)N1CCC(COC)C1. The summed E-state index contributed by atoms with van der Waals surface area (Å²) in [6.07, 6.45) is 6.49. The molecule has 2 fully saturated rings. The summed E-state index contributed by atoms with van der Waals surface area (Å²) in [6, 6.07) is 0. The summed E-state index contributed by atoms with van der Waals surface area (Å²) in [6.45, 7) is 3.45. The molecule has 0 bridgehead atoms. The number of nitrogens with one attached hydrogen (secondary N) is 1. The topological polar surface area (TPSA) is 57.1 Å². The number of nitrogens with zero attached hydrogens (tertiary/aromatic N) is 2. The highest BCUT2D eigenvalue weighted by Gasteiger charge is 2.31. The summed E-state index contributed by atoms with van der Waals surface area (Å²) in [7, 11) is 3.57. The summed E-state index contributed by atoms with van der Waals surface area (Å²) >= 11 is 0. The van der Waals surface area contributed by atoms with Crippen LogP contribution in [0.1, 0.15) is 38.5 Å². The molecule has 1 saturated carbocycles. The van der Waals surface area contributed by atoms with Crippen LogP contribution in [0.2, 0.25) is 0 Å². The number of hydrogen-bond acceptors (Lipinski definition) is 3. The Balaban J connectivity index is 1.81. The van der Waals surface area contributed by atoms with Crippen molar-refractivity contribution in [2.45, 2.75) is 44.1 Å². The van der Waals surface area contributed by atoms with Crippen molar-refractivity contribution in [1.29, 1.82) is 0 Å². The van der Waals surface area contributed by atoms with E-state index in [2.05, 4.69) is 15.2 Å². The van der Waals surface area contributed by atoms with Crippen LogP contribution in [-0.4, -0.2) is 62.0 Å². The summed E-state index contributed by atoms with van der Waals surface area (Å²) in [5.74, 6) is 1.51. The maximum Gasteiger partial charge on any atom is 0.193 e. The number of aliphatic hydroxyl groups is 1. The predicted molar refractivity (Wildman–Crippen MR) is 81.0 cm³/mol. The lowest BCUT2D eigenvalue weighted by molar-refractivity contribution is 0.00818. The third-order valence-corrected chi connectivity index (χ3v) is 4.56. The van der Waals surface area contributed by atoms with Crippen LogP contribution in [0.25, 0.3) is 0 Å². The van der Waals surface area contributed by atoms with Gasteiger partial charge in [-0.2, -0.15) is 0 Å². The molecular weight excluding hydrogens is 254 g/mol. The molecule has 1 aliphatic carbocycles. The highest BCUT2D eigenvalue weighted by atomic mass is 16.5. The first-order valence-corrected chi connectivity index (χ1v) is 7.84. The maximum atomic E-state index is 10.5. The van der Waals surface area contributed by atoms with Crippen molar-refractivity contribution in [1.82, 2.24) is 10.2 Å². The molecule has 0 radical (unpaired) electrons. The molecule has 2 aliphatic rings. The minimum Gasteiger partial charge on any atom is -0.388 e. The van der Waals surface area contributed by atoms with Crippen molar-refractivity contribution >= 4 is 5.96 Å². The minimum absolute atomic E-state index is 0.542. The van der Waals surface area contributed by atoms with Crippen LogP contribution in [-0.2, 0) is 4.74 Å². The van der Waals surface area contributed by atoms with Gasteiger partial charge in [0.25, 0.3) is 0 Å². The van der Waals surface area contributed by atoms with E-state index >= 15 is 0 Å². The number of ether oxygens (including phenoxy) is 1. The van der Waals surface area contributed by atoms with Crippen LogP contribution in [0.4, 0.5) is 0 Å². The summed E-state index contributed by atoms with van der Waals surface area (Å²) in [4.78, 5) is 6.63. The van der Waals surface area contributed by atoms with Gasteiger partial charge < -0.3 is 20.1 Å². The zero-order valence-electron chi connectivity index (χ0n) is 12.9. The van der Waals surface area contributed by atoms with Crippen molar-refractivity contribution < 1.29 is 9.84 Å². The molecule has 5 nitrogen and oxygen atoms in total. The van der Waals surface area contributed by atoms with Gasteiger partial charge >= 0.3 is 0 Å². The van der Waals surface area contributed by atoms with E-state index in [-0.39, 0.29) is 0 Å². The largest absolute Gasteiger partial charge is 0.388 e. The standard InChI is InChI=1S/C15H29N3O2/c1-16-14(18-9-6-13(10-18)11-20-2)17-12-15(19)7-4-3-5-8-15/h13,19H,3-12H2,1-2H3,(H,16,17). The number of guanidine groups is 1. The molecule has 2 rings (SSSR count). The summed E-state index contributed by atoms with van der Waals surface area (Å²) < 4.78 is 5.23. The minimum atomic E-state index is -0.542. The molecule has 1 unspecified atom stereocenters. The van der Waals surface area contributed by atoms with Crippen LogP contribution in [0.15, 0.2) is 4.99 Å². The summed E-state index contributed by atoms with van der Waals surface area (Å²) in [5.41, 5.74) is -0.542. The molecule has 0 aromatic carbocycles. The molecule has 1 saturated heterocycles. The molecule has 5 heteroatoms. The lowest BCUT2D eigenvalue weighted by Crippen LogP contribution is -2.49. The van der Waals surface area contributed by atoms with Crippen molar-refractivity contribution in [2.75, 3.05) is 40.4 Å². The van der Waals surface area contributed by atoms with Crippen molar-refractivity contribution in [3.8, 4) is 0 Å². The Morgan fingerprint density at radius 1 is 1.40 bits per heavy atom. The van der Waals surface area contributed by atoms with Gasteiger partial charge in [0.2, 0.25) is 0 Å².